The lowest BCUT2D eigenvalue weighted by molar-refractivity contribution is 0.0896. The number of nitrogen functional groups attached to an aromatic ring is 1. The van der Waals surface area contributed by atoms with E-state index in [1.165, 1.54) is 12.8 Å². The van der Waals surface area contributed by atoms with Crippen LogP contribution >= 0.6 is 0 Å². The van der Waals surface area contributed by atoms with E-state index in [1.807, 2.05) is 6.07 Å². The summed E-state index contributed by atoms with van der Waals surface area (Å²) in [4.78, 5) is 12.5. The van der Waals surface area contributed by atoms with E-state index in [1.54, 1.807) is 12.1 Å². The molecule has 0 radical (unpaired) electrons. The van der Waals surface area contributed by atoms with Crippen LogP contribution in [0.25, 0.3) is 10.9 Å². The molecule has 5 heteroatoms. The van der Waals surface area contributed by atoms with Gasteiger partial charge in [-0.25, -0.2) is 0 Å². The summed E-state index contributed by atoms with van der Waals surface area (Å²) in [5, 5.41) is 11.0. The van der Waals surface area contributed by atoms with E-state index in [4.69, 9.17) is 5.73 Å². The molecule has 5 nitrogen and oxygen atoms in total. The summed E-state index contributed by atoms with van der Waals surface area (Å²) in [6.45, 7) is 4.49. The third kappa shape index (κ3) is 2.73. The van der Waals surface area contributed by atoms with Crippen LogP contribution in [0.2, 0.25) is 0 Å². The highest BCUT2D eigenvalue weighted by molar-refractivity contribution is 6.05. The second-order valence-corrected chi connectivity index (χ2v) is 6.35. The van der Waals surface area contributed by atoms with Crippen LogP contribution in [0.3, 0.4) is 0 Å². The molecule has 1 aromatic carbocycles. The Morgan fingerprint density at radius 1 is 1.38 bits per heavy atom. The van der Waals surface area contributed by atoms with Crippen LogP contribution in [0, 0.1) is 11.8 Å². The minimum Gasteiger partial charge on any atom is -0.399 e. The molecule has 1 saturated carbocycles. The first-order valence-electron chi connectivity index (χ1n) is 7.59. The van der Waals surface area contributed by atoms with Gasteiger partial charge < -0.3 is 11.1 Å². The lowest BCUT2D eigenvalue weighted by Gasteiger charge is -2.32. The largest absolute Gasteiger partial charge is 0.399 e. The average molecular weight is 286 g/mol. The zero-order valence-electron chi connectivity index (χ0n) is 12.5. The summed E-state index contributed by atoms with van der Waals surface area (Å²) in [5.74, 6) is 1.14. The van der Waals surface area contributed by atoms with E-state index in [-0.39, 0.29) is 11.9 Å². The summed E-state index contributed by atoms with van der Waals surface area (Å²) >= 11 is 0. The summed E-state index contributed by atoms with van der Waals surface area (Å²) in [6, 6.07) is 5.67. The van der Waals surface area contributed by atoms with Crippen molar-refractivity contribution in [1.82, 2.24) is 15.5 Å². The number of hydrogen-bond acceptors (Lipinski definition) is 3. The SMILES string of the molecule is CC1CCC(NC(=O)c2n[nH]c3ccc(N)cc23)C(C)C1. The van der Waals surface area contributed by atoms with Gasteiger partial charge in [-0.15, -0.1) is 0 Å². The third-order valence-corrected chi connectivity index (χ3v) is 4.55. The number of nitrogens with two attached hydrogens (primary N) is 1. The zero-order valence-corrected chi connectivity index (χ0v) is 12.5. The molecule has 112 valence electrons. The van der Waals surface area contributed by atoms with Gasteiger partial charge in [0.2, 0.25) is 0 Å². The topological polar surface area (TPSA) is 83.8 Å². The molecule has 3 rings (SSSR count). The molecule has 3 atom stereocenters. The van der Waals surface area contributed by atoms with Crippen LogP contribution < -0.4 is 11.1 Å². The van der Waals surface area contributed by atoms with Crippen LogP contribution in [0.1, 0.15) is 43.6 Å². The second kappa shape index (κ2) is 5.39. The van der Waals surface area contributed by atoms with E-state index < -0.39 is 0 Å². The summed E-state index contributed by atoms with van der Waals surface area (Å²) in [7, 11) is 0. The average Bonchev–Trinajstić information content (AvgIpc) is 2.85. The normalized spacial score (nSPS) is 25.9. The summed E-state index contributed by atoms with van der Waals surface area (Å²) in [6.07, 6.45) is 3.38. The van der Waals surface area contributed by atoms with E-state index in [0.29, 0.717) is 17.3 Å². The Morgan fingerprint density at radius 3 is 2.95 bits per heavy atom. The standard InChI is InChI=1S/C16H22N4O/c1-9-3-5-13(10(2)7-9)18-16(21)15-12-8-11(17)4-6-14(12)19-20-15/h4,6,8-10,13H,3,5,7,17H2,1-2H3,(H,18,21)(H,19,20). The fourth-order valence-corrected chi connectivity index (χ4v) is 3.32. The predicted molar refractivity (Wildman–Crippen MR) is 83.9 cm³/mol. The Labute approximate surface area is 124 Å². The molecule has 1 aliphatic rings. The van der Waals surface area contributed by atoms with E-state index in [2.05, 4.69) is 29.4 Å². The van der Waals surface area contributed by atoms with E-state index in [0.717, 1.165) is 23.2 Å². The van der Waals surface area contributed by atoms with Gasteiger partial charge in [0.1, 0.15) is 0 Å². The first-order valence-corrected chi connectivity index (χ1v) is 7.59. The van der Waals surface area contributed by atoms with Crippen molar-refractivity contribution in [3.05, 3.63) is 23.9 Å². The Balaban J connectivity index is 1.79. The van der Waals surface area contributed by atoms with Crippen molar-refractivity contribution in [2.45, 2.75) is 39.2 Å². The number of fused-ring (bicyclic) bond motifs is 1. The summed E-state index contributed by atoms with van der Waals surface area (Å²) in [5.41, 5.74) is 7.70. The zero-order chi connectivity index (χ0) is 15.0. The van der Waals surface area contributed by atoms with E-state index >= 15 is 0 Å². The molecule has 4 N–H and O–H groups in total. The molecule has 0 bridgehead atoms. The van der Waals surface area contributed by atoms with Gasteiger partial charge in [0.25, 0.3) is 5.91 Å². The molecule has 0 saturated heterocycles. The van der Waals surface area contributed by atoms with Gasteiger partial charge in [-0.1, -0.05) is 13.8 Å². The molecule has 0 spiro atoms. The number of carbonyl (C=O) groups excluding carboxylic acids is 1. The minimum atomic E-state index is -0.113. The van der Waals surface area contributed by atoms with Gasteiger partial charge in [0, 0.05) is 17.1 Å². The van der Waals surface area contributed by atoms with Crippen molar-refractivity contribution in [1.29, 1.82) is 0 Å². The van der Waals surface area contributed by atoms with Crippen molar-refractivity contribution in [3.8, 4) is 0 Å². The summed E-state index contributed by atoms with van der Waals surface area (Å²) < 4.78 is 0. The highest BCUT2D eigenvalue weighted by atomic mass is 16.2. The number of nitrogens with one attached hydrogen (secondary N) is 2. The monoisotopic (exact) mass is 286 g/mol. The first-order chi connectivity index (χ1) is 10.0. The molecular formula is C16H22N4O. The molecule has 1 amide bonds. The van der Waals surface area contributed by atoms with Gasteiger partial charge >= 0.3 is 0 Å². The van der Waals surface area contributed by atoms with Gasteiger partial charge in [-0.2, -0.15) is 5.10 Å². The number of H-pyrrole nitrogens is 1. The lowest BCUT2D eigenvalue weighted by atomic mass is 9.80. The van der Waals surface area contributed by atoms with Crippen LogP contribution in [-0.2, 0) is 0 Å². The Hall–Kier alpha value is -2.04. The smallest absolute Gasteiger partial charge is 0.272 e. The van der Waals surface area contributed by atoms with Gasteiger partial charge in [0.15, 0.2) is 5.69 Å². The molecular weight excluding hydrogens is 264 g/mol. The number of aromatic nitrogens is 2. The lowest BCUT2D eigenvalue weighted by Crippen LogP contribution is -2.42. The molecule has 1 fully saturated rings. The molecule has 1 heterocycles. The fourth-order valence-electron chi connectivity index (χ4n) is 3.32. The number of aromatic amines is 1. The van der Waals surface area contributed by atoms with Crippen molar-refractivity contribution in [2.24, 2.45) is 11.8 Å². The van der Waals surface area contributed by atoms with Crippen LogP contribution in [0.5, 0.6) is 0 Å². The van der Waals surface area contributed by atoms with Crippen molar-refractivity contribution >= 4 is 22.5 Å². The van der Waals surface area contributed by atoms with Crippen molar-refractivity contribution in [3.63, 3.8) is 0 Å². The maximum atomic E-state index is 12.5. The molecule has 2 aromatic rings. The first kappa shape index (κ1) is 13.9. The molecule has 1 aliphatic carbocycles. The number of carbonyl (C=O) groups is 1. The second-order valence-electron chi connectivity index (χ2n) is 6.35. The highest BCUT2D eigenvalue weighted by Crippen LogP contribution is 2.29. The maximum absolute atomic E-state index is 12.5. The van der Waals surface area contributed by atoms with Crippen LogP contribution in [0.15, 0.2) is 18.2 Å². The van der Waals surface area contributed by atoms with Crippen molar-refractivity contribution in [2.75, 3.05) is 5.73 Å². The number of nitrogens with zero attached hydrogens (tertiary/aromatic N) is 1. The molecule has 3 unspecified atom stereocenters. The fraction of sp³-hybridized carbons (Fsp3) is 0.500. The number of amides is 1. The number of anilines is 1. The minimum absolute atomic E-state index is 0.113. The van der Waals surface area contributed by atoms with Gasteiger partial charge in [0.05, 0.1) is 5.52 Å². The predicted octanol–water partition coefficient (Wildman–Crippen LogP) is 2.70. The third-order valence-electron chi connectivity index (χ3n) is 4.55. The molecule has 0 aliphatic heterocycles. The van der Waals surface area contributed by atoms with Crippen LogP contribution in [0.4, 0.5) is 5.69 Å². The van der Waals surface area contributed by atoms with Gasteiger partial charge in [-0.05, 0) is 49.3 Å². The van der Waals surface area contributed by atoms with Crippen molar-refractivity contribution < 1.29 is 4.79 Å². The van der Waals surface area contributed by atoms with E-state index in [9.17, 15) is 4.79 Å². The Bertz CT molecular complexity index is 663. The van der Waals surface area contributed by atoms with Gasteiger partial charge in [-0.3, -0.25) is 9.89 Å². The number of hydrogen-bond donors (Lipinski definition) is 3. The quantitative estimate of drug-likeness (QED) is 0.742. The Kier molecular flexibility index (Phi) is 3.57. The number of rotatable bonds is 2. The Morgan fingerprint density at radius 2 is 2.19 bits per heavy atom. The van der Waals surface area contributed by atoms with Crippen LogP contribution in [-0.4, -0.2) is 22.1 Å². The number of benzene rings is 1. The molecule has 21 heavy (non-hydrogen) atoms. The highest BCUT2D eigenvalue weighted by Gasteiger charge is 2.27. The maximum Gasteiger partial charge on any atom is 0.272 e. The molecule has 1 aromatic heterocycles.